The van der Waals surface area contributed by atoms with Gasteiger partial charge in [-0.2, -0.15) is 0 Å². The largest absolute Gasteiger partial charge is 0.491 e. The predicted octanol–water partition coefficient (Wildman–Crippen LogP) is 2.10. The number of hydrogen-bond acceptors (Lipinski definition) is 4. The van der Waals surface area contributed by atoms with E-state index in [2.05, 4.69) is 0 Å². The molecular weight excluding hydrogens is 303 g/mol. The fourth-order valence-electron chi connectivity index (χ4n) is 2.13. The summed E-state index contributed by atoms with van der Waals surface area (Å²) in [7, 11) is -1.11. The topological polar surface area (TPSA) is 69.9 Å². The quantitative estimate of drug-likeness (QED) is 0.710. The summed E-state index contributed by atoms with van der Waals surface area (Å²) in [6, 6.07) is 15.1. The maximum absolute atomic E-state index is 10.3. The smallest absolute Gasteiger partial charge is 0.423 e. The van der Waals surface area contributed by atoms with Gasteiger partial charge in [0.15, 0.2) is 0 Å². The summed E-state index contributed by atoms with van der Waals surface area (Å²) in [4.78, 5) is 0. The maximum atomic E-state index is 10.3. The third-order valence-electron chi connectivity index (χ3n) is 4.55. The molecule has 0 aliphatic carbocycles. The van der Waals surface area contributed by atoms with Crippen molar-refractivity contribution in [1.82, 2.24) is 0 Å². The molecule has 0 aliphatic heterocycles. The molecular formula is C19H25BO4. The molecule has 0 bridgehead atoms. The molecule has 2 rings (SSSR count). The number of benzene rings is 2. The minimum Gasteiger partial charge on any atom is -0.423 e. The lowest BCUT2D eigenvalue weighted by Crippen LogP contribution is -2.53. The van der Waals surface area contributed by atoms with Gasteiger partial charge < -0.3 is 19.9 Å². The van der Waals surface area contributed by atoms with Gasteiger partial charge in [0, 0.05) is 0 Å². The second-order valence-electron chi connectivity index (χ2n) is 7.02. The van der Waals surface area contributed by atoms with Crippen LogP contribution in [0.1, 0.15) is 33.3 Å². The Labute approximate surface area is 143 Å². The number of aliphatic hydroxyl groups is 2. The van der Waals surface area contributed by atoms with Crippen molar-refractivity contribution in [3.05, 3.63) is 54.1 Å². The first-order chi connectivity index (χ1) is 11.1. The van der Waals surface area contributed by atoms with Crippen molar-refractivity contribution >= 4 is 12.6 Å². The summed E-state index contributed by atoms with van der Waals surface area (Å²) in [6.07, 6.45) is 0. The third kappa shape index (κ3) is 4.25. The molecule has 0 saturated heterocycles. The molecule has 0 aromatic heterocycles. The minimum atomic E-state index is -1.11. The fraction of sp³-hybridized carbons (Fsp3) is 0.368. The standard InChI is InChI=1S/C19H25BO4/c1-18(2,22)19(3,4)24-20(23)17-11-9-16(10-12-17)15-7-5-14(13-21)6-8-15/h5-12,21-23H,13H2,1-4H3. The van der Waals surface area contributed by atoms with Gasteiger partial charge in [-0.05, 0) is 49.8 Å². The Morgan fingerprint density at radius 3 is 1.75 bits per heavy atom. The van der Waals surface area contributed by atoms with E-state index in [1.54, 1.807) is 39.8 Å². The van der Waals surface area contributed by atoms with Crippen LogP contribution in [0.5, 0.6) is 0 Å². The van der Waals surface area contributed by atoms with Crippen LogP contribution < -0.4 is 5.46 Å². The Hall–Kier alpha value is -1.66. The number of rotatable bonds is 6. The van der Waals surface area contributed by atoms with Crippen LogP contribution in [-0.4, -0.2) is 33.6 Å². The molecule has 0 fully saturated rings. The summed E-state index contributed by atoms with van der Waals surface area (Å²) in [6.45, 7) is 6.82. The van der Waals surface area contributed by atoms with E-state index >= 15 is 0 Å². The van der Waals surface area contributed by atoms with E-state index in [1.165, 1.54) is 0 Å². The normalized spacial score (nSPS) is 12.3. The molecule has 24 heavy (non-hydrogen) atoms. The van der Waals surface area contributed by atoms with Crippen molar-refractivity contribution in [3.63, 3.8) is 0 Å². The lowest BCUT2D eigenvalue weighted by atomic mass is 9.76. The molecule has 2 aromatic carbocycles. The molecule has 128 valence electrons. The molecule has 0 spiro atoms. The molecule has 5 heteroatoms. The van der Waals surface area contributed by atoms with Crippen molar-refractivity contribution in [3.8, 4) is 11.1 Å². The van der Waals surface area contributed by atoms with Gasteiger partial charge in [-0.25, -0.2) is 0 Å². The molecule has 0 heterocycles. The summed E-state index contributed by atoms with van der Waals surface area (Å²) < 4.78 is 5.64. The Morgan fingerprint density at radius 1 is 0.875 bits per heavy atom. The Balaban J connectivity index is 2.13. The Morgan fingerprint density at radius 2 is 1.33 bits per heavy atom. The third-order valence-corrected chi connectivity index (χ3v) is 4.55. The lowest BCUT2D eigenvalue weighted by Gasteiger charge is -2.38. The molecule has 3 N–H and O–H groups in total. The highest BCUT2D eigenvalue weighted by atomic mass is 16.5. The van der Waals surface area contributed by atoms with Crippen molar-refractivity contribution in [2.45, 2.75) is 45.5 Å². The Kier molecular flexibility index (Phi) is 5.50. The second kappa shape index (κ2) is 7.07. The summed E-state index contributed by atoms with van der Waals surface area (Å²) in [5.74, 6) is 0. The maximum Gasteiger partial charge on any atom is 0.491 e. The van der Waals surface area contributed by atoms with Gasteiger partial charge in [-0.3, -0.25) is 0 Å². The van der Waals surface area contributed by atoms with Gasteiger partial charge >= 0.3 is 7.12 Å². The van der Waals surface area contributed by atoms with Crippen LogP contribution in [-0.2, 0) is 11.3 Å². The molecule has 0 saturated carbocycles. The van der Waals surface area contributed by atoms with Crippen molar-refractivity contribution in [2.24, 2.45) is 0 Å². The van der Waals surface area contributed by atoms with Crippen molar-refractivity contribution in [2.75, 3.05) is 0 Å². The van der Waals surface area contributed by atoms with E-state index in [0.29, 0.717) is 5.46 Å². The number of aliphatic hydroxyl groups excluding tert-OH is 1. The van der Waals surface area contributed by atoms with E-state index in [9.17, 15) is 10.1 Å². The van der Waals surface area contributed by atoms with Gasteiger partial charge in [0.1, 0.15) is 0 Å². The summed E-state index contributed by atoms with van der Waals surface area (Å²) >= 11 is 0. The molecule has 0 aliphatic rings. The first-order valence-corrected chi connectivity index (χ1v) is 8.02. The highest BCUT2D eigenvalue weighted by molar-refractivity contribution is 6.60. The predicted molar refractivity (Wildman–Crippen MR) is 96.9 cm³/mol. The van der Waals surface area contributed by atoms with Crippen LogP contribution in [0.25, 0.3) is 11.1 Å². The fourth-order valence-corrected chi connectivity index (χ4v) is 2.13. The molecule has 0 atom stereocenters. The van der Waals surface area contributed by atoms with E-state index in [1.807, 2.05) is 36.4 Å². The van der Waals surface area contributed by atoms with Gasteiger partial charge in [0.25, 0.3) is 0 Å². The van der Waals surface area contributed by atoms with Gasteiger partial charge in [0.2, 0.25) is 0 Å². The molecule has 0 amide bonds. The van der Waals surface area contributed by atoms with Gasteiger partial charge in [0.05, 0.1) is 17.8 Å². The number of hydrogen-bond donors (Lipinski definition) is 3. The zero-order chi connectivity index (χ0) is 18.0. The zero-order valence-corrected chi connectivity index (χ0v) is 14.7. The molecule has 0 radical (unpaired) electrons. The average molecular weight is 328 g/mol. The molecule has 2 aromatic rings. The van der Waals surface area contributed by atoms with Crippen LogP contribution in [0.2, 0.25) is 0 Å². The first kappa shape index (κ1) is 18.7. The average Bonchev–Trinajstić information content (AvgIpc) is 2.53. The van der Waals surface area contributed by atoms with Gasteiger partial charge in [-0.15, -0.1) is 0 Å². The molecule has 0 unspecified atom stereocenters. The van der Waals surface area contributed by atoms with Crippen LogP contribution >= 0.6 is 0 Å². The van der Waals surface area contributed by atoms with E-state index in [0.717, 1.165) is 16.7 Å². The summed E-state index contributed by atoms with van der Waals surface area (Å²) in [5, 5.41) is 29.5. The SMILES string of the molecule is CC(C)(O)C(C)(C)OB(O)c1ccc(-c2ccc(CO)cc2)cc1. The molecule has 4 nitrogen and oxygen atoms in total. The van der Waals surface area contributed by atoms with Crippen molar-refractivity contribution in [1.29, 1.82) is 0 Å². The highest BCUT2D eigenvalue weighted by Crippen LogP contribution is 2.25. The zero-order valence-electron chi connectivity index (χ0n) is 14.7. The minimum absolute atomic E-state index is 0.0275. The first-order valence-electron chi connectivity index (χ1n) is 8.02. The Bertz CT molecular complexity index is 657. The van der Waals surface area contributed by atoms with Crippen LogP contribution in [0.4, 0.5) is 0 Å². The van der Waals surface area contributed by atoms with E-state index in [4.69, 9.17) is 9.76 Å². The monoisotopic (exact) mass is 328 g/mol. The second-order valence-corrected chi connectivity index (χ2v) is 7.02. The van der Waals surface area contributed by atoms with E-state index in [-0.39, 0.29) is 6.61 Å². The highest BCUT2D eigenvalue weighted by Gasteiger charge is 2.39. The summed E-state index contributed by atoms with van der Waals surface area (Å²) in [5.41, 5.74) is 1.56. The van der Waals surface area contributed by atoms with Crippen LogP contribution in [0, 0.1) is 0 Å². The lowest BCUT2D eigenvalue weighted by molar-refractivity contribution is -0.0982. The van der Waals surface area contributed by atoms with E-state index < -0.39 is 18.3 Å². The van der Waals surface area contributed by atoms with Crippen LogP contribution in [0.15, 0.2) is 48.5 Å². The van der Waals surface area contributed by atoms with Gasteiger partial charge in [-0.1, -0.05) is 48.5 Å². The van der Waals surface area contributed by atoms with Crippen LogP contribution in [0.3, 0.4) is 0 Å². The van der Waals surface area contributed by atoms with Crippen molar-refractivity contribution < 1.29 is 19.9 Å².